The molecule has 2 aliphatic heterocycles. The number of carbonyl (C=O) groups excluding carboxylic acids is 1. The average Bonchev–Trinajstić information content (AvgIpc) is 2.72. The smallest absolute Gasteiger partial charge is 0.410 e. The second kappa shape index (κ2) is 9.78. The van der Waals surface area contributed by atoms with Crippen molar-refractivity contribution in [1.82, 2.24) is 14.2 Å². The first kappa shape index (κ1) is 22.6. The number of ether oxygens (including phenoxy) is 1. The predicted octanol–water partition coefficient (Wildman–Crippen LogP) is 2.43. The van der Waals surface area contributed by atoms with Gasteiger partial charge in [-0.25, -0.2) is 18.2 Å². The van der Waals surface area contributed by atoms with Gasteiger partial charge in [0.15, 0.2) is 0 Å². The van der Waals surface area contributed by atoms with Crippen LogP contribution in [0.1, 0.15) is 32.3 Å². The maximum absolute atomic E-state index is 12.0. The highest BCUT2D eigenvalue weighted by Crippen LogP contribution is 2.21. The van der Waals surface area contributed by atoms with Crippen molar-refractivity contribution in [3.63, 3.8) is 0 Å². The number of rotatable bonds is 5. The Balaban J connectivity index is 1.47. The Hall–Kier alpha value is -2.13. The van der Waals surface area contributed by atoms with Crippen LogP contribution in [0.15, 0.2) is 24.4 Å². The van der Waals surface area contributed by atoms with E-state index in [1.165, 1.54) is 10.6 Å². The van der Waals surface area contributed by atoms with E-state index in [4.69, 9.17) is 4.74 Å². The zero-order valence-electron chi connectivity index (χ0n) is 18.0. The molecule has 9 heteroatoms. The summed E-state index contributed by atoms with van der Waals surface area (Å²) in [7, 11) is -3.12. The van der Waals surface area contributed by atoms with E-state index in [1.54, 1.807) is 4.90 Å². The summed E-state index contributed by atoms with van der Waals surface area (Å²) in [6.07, 6.45) is 8.95. The van der Waals surface area contributed by atoms with Gasteiger partial charge < -0.3 is 14.5 Å². The molecule has 1 amide bonds. The summed E-state index contributed by atoms with van der Waals surface area (Å²) in [6, 6.07) is 4.03. The maximum Gasteiger partial charge on any atom is 0.410 e. The fourth-order valence-corrected chi connectivity index (χ4v) is 4.56. The summed E-state index contributed by atoms with van der Waals surface area (Å²) < 4.78 is 30.0. The fourth-order valence-electron chi connectivity index (χ4n) is 3.73. The quantitative estimate of drug-likeness (QED) is 0.705. The van der Waals surface area contributed by atoms with Gasteiger partial charge >= 0.3 is 6.09 Å². The van der Waals surface area contributed by atoms with Gasteiger partial charge in [0.1, 0.15) is 5.82 Å². The molecule has 0 N–H and O–H groups in total. The molecule has 0 aliphatic carbocycles. The molecule has 3 heterocycles. The van der Waals surface area contributed by atoms with Gasteiger partial charge in [0.2, 0.25) is 10.0 Å². The number of anilines is 1. The molecular weight excluding hydrogens is 404 g/mol. The van der Waals surface area contributed by atoms with Gasteiger partial charge in [-0.15, -0.1) is 0 Å². The van der Waals surface area contributed by atoms with Gasteiger partial charge in [0.05, 0.1) is 12.4 Å². The van der Waals surface area contributed by atoms with Crippen molar-refractivity contribution < 1.29 is 17.9 Å². The van der Waals surface area contributed by atoms with Gasteiger partial charge in [-0.05, 0) is 50.3 Å². The first-order chi connectivity index (χ1) is 14.2. The van der Waals surface area contributed by atoms with Gasteiger partial charge in [0.25, 0.3) is 0 Å². The number of nitrogens with zero attached hydrogens (tertiary/aromatic N) is 4. The Morgan fingerprint density at radius 3 is 2.33 bits per heavy atom. The number of piperidine rings is 1. The van der Waals surface area contributed by atoms with E-state index >= 15 is 0 Å². The first-order valence-electron chi connectivity index (χ1n) is 10.5. The van der Waals surface area contributed by atoms with E-state index in [0.29, 0.717) is 32.1 Å². The maximum atomic E-state index is 12.0. The molecule has 2 saturated heterocycles. The van der Waals surface area contributed by atoms with Crippen LogP contribution in [0.5, 0.6) is 0 Å². The van der Waals surface area contributed by atoms with Crippen LogP contribution in [0.25, 0.3) is 6.08 Å². The van der Waals surface area contributed by atoms with Crippen molar-refractivity contribution in [3.8, 4) is 0 Å². The number of hydrogen-bond acceptors (Lipinski definition) is 6. The minimum absolute atomic E-state index is 0.0888. The van der Waals surface area contributed by atoms with Crippen LogP contribution in [0.3, 0.4) is 0 Å². The van der Waals surface area contributed by atoms with E-state index in [9.17, 15) is 13.2 Å². The van der Waals surface area contributed by atoms with Gasteiger partial charge in [-0.3, -0.25) is 0 Å². The third kappa shape index (κ3) is 6.18. The first-order valence-corrected chi connectivity index (χ1v) is 12.4. The number of allylic oxidation sites excluding steroid dienone is 1. The molecule has 0 aromatic carbocycles. The minimum Gasteiger partial charge on any atom is -0.447 e. The Kier molecular flexibility index (Phi) is 7.36. The zero-order chi connectivity index (χ0) is 21.7. The largest absolute Gasteiger partial charge is 0.447 e. The van der Waals surface area contributed by atoms with Crippen LogP contribution in [0, 0.1) is 5.92 Å². The lowest BCUT2D eigenvalue weighted by molar-refractivity contribution is 0.0679. The molecule has 0 unspecified atom stereocenters. The molecular formula is C21H32N4O4S. The van der Waals surface area contributed by atoms with Crippen molar-refractivity contribution in [2.45, 2.75) is 32.8 Å². The van der Waals surface area contributed by atoms with Crippen molar-refractivity contribution in [1.29, 1.82) is 0 Å². The highest BCUT2D eigenvalue weighted by molar-refractivity contribution is 7.88. The fraction of sp³-hybridized carbons (Fsp3) is 0.619. The summed E-state index contributed by atoms with van der Waals surface area (Å²) >= 11 is 0. The topological polar surface area (TPSA) is 83.0 Å². The highest BCUT2D eigenvalue weighted by atomic mass is 32.2. The minimum atomic E-state index is -3.12. The number of sulfonamides is 1. The van der Waals surface area contributed by atoms with Crippen molar-refractivity contribution in [2.24, 2.45) is 5.92 Å². The number of aromatic nitrogens is 1. The normalized spacial score (nSPS) is 19.6. The van der Waals surface area contributed by atoms with Gasteiger partial charge in [0, 0.05) is 45.5 Å². The Labute approximate surface area is 179 Å². The molecule has 0 atom stereocenters. The lowest BCUT2D eigenvalue weighted by Gasteiger charge is -2.33. The zero-order valence-corrected chi connectivity index (χ0v) is 18.8. The van der Waals surface area contributed by atoms with Gasteiger partial charge in [-0.2, -0.15) is 4.31 Å². The van der Waals surface area contributed by atoms with Crippen molar-refractivity contribution >= 4 is 28.0 Å². The number of carbonyl (C=O) groups is 1. The van der Waals surface area contributed by atoms with Crippen LogP contribution in [-0.4, -0.2) is 80.3 Å². The number of piperazine rings is 1. The third-order valence-electron chi connectivity index (χ3n) is 5.50. The Morgan fingerprint density at radius 2 is 1.80 bits per heavy atom. The van der Waals surface area contributed by atoms with Gasteiger partial charge in [-0.1, -0.05) is 12.2 Å². The molecule has 0 saturated carbocycles. The average molecular weight is 437 g/mol. The third-order valence-corrected chi connectivity index (χ3v) is 6.80. The molecule has 1 aromatic rings. The molecule has 0 radical (unpaired) electrons. The van der Waals surface area contributed by atoms with Crippen molar-refractivity contribution in [3.05, 3.63) is 30.0 Å². The van der Waals surface area contributed by atoms with E-state index in [1.807, 2.05) is 32.2 Å². The number of likely N-dealkylation sites (tertiary alicyclic amines) is 1. The lowest BCUT2D eigenvalue weighted by Crippen LogP contribution is -2.48. The van der Waals surface area contributed by atoms with E-state index < -0.39 is 10.0 Å². The molecule has 0 spiro atoms. The molecule has 1 aromatic heterocycles. The van der Waals surface area contributed by atoms with Crippen molar-refractivity contribution in [2.75, 3.05) is 50.4 Å². The summed E-state index contributed by atoms with van der Waals surface area (Å²) in [5, 5.41) is 0. The van der Waals surface area contributed by atoms with Crippen LogP contribution >= 0.6 is 0 Å². The molecule has 166 valence electrons. The molecule has 2 fully saturated rings. The number of hydrogen-bond donors (Lipinski definition) is 0. The molecule has 3 rings (SSSR count). The van der Waals surface area contributed by atoms with E-state index in [0.717, 1.165) is 37.3 Å². The Bertz CT molecular complexity index is 838. The monoisotopic (exact) mass is 436 g/mol. The summed E-state index contributed by atoms with van der Waals surface area (Å²) in [6.45, 7) is 7.44. The standard InChI is InChI=1S/C21H32N4O4S/c1-17(2)29-21(26)24-10-8-18(9-11-24)4-5-19-6-7-20(22-16-19)23-12-14-25(15-13-23)30(3,27)28/h4-7,16-18H,8-15H2,1-3H3. The molecule has 30 heavy (non-hydrogen) atoms. The Morgan fingerprint density at radius 1 is 1.13 bits per heavy atom. The summed E-state index contributed by atoms with van der Waals surface area (Å²) in [4.78, 5) is 20.4. The highest BCUT2D eigenvalue weighted by Gasteiger charge is 2.24. The number of pyridine rings is 1. The summed E-state index contributed by atoms with van der Waals surface area (Å²) in [5.41, 5.74) is 1.04. The lowest BCUT2D eigenvalue weighted by atomic mass is 9.96. The van der Waals surface area contributed by atoms with Crippen LogP contribution in [0.2, 0.25) is 0 Å². The van der Waals surface area contributed by atoms with E-state index in [-0.39, 0.29) is 12.2 Å². The van der Waals surface area contributed by atoms with Crippen LogP contribution in [-0.2, 0) is 14.8 Å². The summed E-state index contributed by atoms with van der Waals surface area (Å²) in [5.74, 6) is 1.31. The SMILES string of the molecule is CC(C)OC(=O)N1CCC(C=Cc2ccc(N3CCN(S(C)(=O)=O)CC3)nc2)CC1. The second-order valence-electron chi connectivity index (χ2n) is 8.21. The molecule has 2 aliphatic rings. The van der Waals surface area contributed by atoms with E-state index in [2.05, 4.69) is 22.0 Å². The second-order valence-corrected chi connectivity index (χ2v) is 10.2. The molecule has 0 bridgehead atoms. The van der Waals surface area contributed by atoms with Crippen LogP contribution < -0.4 is 4.90 Å². The van der Waals surface area contributed by atoms with Crippen LogP contribution in [0.4, 0.5) is 10.6 Å². The number of amides is 1. The predicted molar refractivity (Wildman–Crippen MR) is 118 cm³/mol. The molecule has 8 nitrogen and oxygen atoms in total.